The number of hydrogen-bond donors (Lipinski definition) is 1. The third-order valence-corrected chi connectivity index (χ3v) is 3.92. The first-order valence-corrected chi connectivity index (χ1v) is 7.42. The van der Waals surface area contributed by atoms with Gasteiger partial charge < -0.3 is 10.1 Å². The van der Waals surface area contributed by atoms with Crippen molar-refractivity contribution >= 4 is 21.6 Å². The Kier molecular flexibility index (Phi) is 4.87. The number of nitriles is 1. The lowest BCUT2D eigenvalue weighted by Gasteiger charge is -2.15. The van der Waals surface area contributed by atoms with Crippen LogP contribution in [0.4, 0.5) is 5.69 Å². The van der Waals surface area contributed by atoms with Crippen LogP contribution in [-0.4, -0.2) is 7.11 Å². The van der Waals surface area contributed by atoms with Gasteiger partial charge in [0.1, 0.15) is 5.75 Å². The normalized spacial score (nSPS) is 10.0. The van der Waals surface area contributed by atoms with Crippen LogP contribution >= 0.6 is 15.9 Å². The molecule has 0 spiro atoms. The van der Waals surface area contributed by atoms with E-state index in [4.69, 9.17) is 10.00 Å². The molecule has 0 aliphatic heterocycles. The highest BCUT2D eigenvalue weighted by Crippen LogP contribution is 2.29. The number of halogens is 1. The van der Waals surface area contributed by atoms with E-state index in [1.165, 1.54) is 11.1 Å². The summed E-state index contributed by atoms with van der Waals surface area (Å²) in [5.74, 6) is 0.780. The summed E-state index contributed by atoms with van der Waals surface area (Å²) in [4.78, 5) is 0. The van der Waals surface area contributed by atoms with Gasteiger partial charge >= 0.3 is 0 Å². The Morgan fingerprint density at radius 3 is 2.62 bits per heavy atom. The van der Waals surface area contributed by atoms with Gasteiger partial charge in [-0.15, -0.1) is 0 Å². The summed E-state index contributed by atoms with van der Waals surface area (Å²) in [6.07, 6.45) is 0. The van der Waals surface area contributed by atoms with Gasteiger partial charge in [-0.3, -0.25) is 0 Å². The number of ether oxygens (including phenoxy) is 1. The molecule has 108 valence electrons. The monoisotopic (exact) mass is 344 g/mol. The molecule has 0 radical (unpaired) electrons. The van der Waals surface area contributed by atoms with Crippen LogP contribution in [0.25, 0.3) is 0 Å². The zero-order valence-corrected chi connectivity index (χ0v) is 13.9. The lowest BCUT2D eigenvalue weighted by Crippen LogP contribution is -2.04. The molecule has 1 N–H and O–H groups in total. The molecule has 3 nitrogen and oxygen atoms in total. The van der Waals surface area contributed by atoms with E-state index >= 15 is 0 Å². The van der Waals surface area contributed by atoms with Crippen LogP contribution in [0.2, 0.25) is 0 Å². The fraction of sp³-hybridized carbons (Fsp3) is 0.235. The lowest BCUT2D eigenvalue weighted by molar-refractivity contribution is 0.410. The fourth-order valence-electron chi connectivity index (χ4n) is 2.31. The third-order valence-electron chi connectivity index (χ3n) is 3.30. The van der Waals surface area contributed by atoms with Crippen molar-refractivity contribution in [2.75, 3.05) is 12.4 Å². The van der Waals surface area contributed by atoms with Crippen molar-refractivity contribution in [2.45, 2.75) is 20.4 Å². The standard InChI is InChI=1S/C17H17BrN2O/c1-11-6-12(2)17(15(18)7-11)20-10-14-8-13(9-19)4-5-16(14)21-3/h4-8,20H,10H2,1-3H3. The Balaban J connectivity index is 2.26. The number of aryl methyl sites for hydroxylation is 2. The van der Waals surface area contributed by atoms with Gasteiger partial charge in [0.25, 0.3) is 0 Å². The van der Waals surface area contributed by atoms with Gasteiger partial charge in [0.05, 0.1) is 24.4 Å². The minimum Gasteiger partial charge on any atom is -0.496 e. The van der Waals surface area contributed by atoms with Gasteiger partial charge in [-0.25, -0.2) is 0 Å². The molecule has 0 saturated heterocycles. The topological polar surface area (TPSA) is 45.0 Å². The molecule has 4 heteroatoms. The second-order valence-electron chi connectivity index (χ2n) is 4.93. The Morgan fingerprint density at radius 1 is 1.24 bits per heavy atom. The number of nitrogens with zero attached hydrogens (tertiary/aromatic N) is 1. The highest BCUT2D eigenvalue weighted by Gasteiger charge is 2.08. The minimum absolute atomic E-state index is 0.598. The second kappa shape index (κ2) is 6.64. The number of anilines is 1. The quantitative estimate of drug-likeness (QED) is 0.884. The highest BCUT2D eigenvalue weighted by atomic mass is 79.9. The molecule has 0 aromatic heterocycles. The highest BCUT2D eigenvalue weighted by molar-refractivity contribution is 9.10. The van der Waals surface area contributed by atoms with Crippen LogP contribution in [0.1, 0.15) is 22.3 Å². The molecule has 2 rings (SSSR count). The molecule has 0 aliphatic carbocycles. The molecule has 0 atom stereocenters. The van der Waals surface area contributed by atoms with Crippen molar-refractivity contribution in [1.82, 2.24) is 0 Å². The molecule has 0 aliphatic rings. The Bertz CT molecular complexity index is 681. The second-order valence-corrected chi connectivity index (χ2v) is 5.78. The van der Waals surface area contributed by atoms with Gasteiger partial charge in [-0.2, -0.15) is 5.26 Å². The molecule has 2 aromatic rings. The Labute approximate surface area is 133 Å². The molecule has 0 heterocycles. The van der Waals surface area contributed by atoms with E-state index in [2.05, 4.69) is 53.3 Å². The lowest BCUT2D eigenvalue weighted by atomic mass is 10.1. The van der Waals surface area contributed by atoms with E-state index in [1.54, 1.807) is 13.2 Å². The number of nitrogens with one attached hydrogen (secondary N) is 1. The largest absolute Gasteiger partial charge is 0.496 e. The first-order chi connectivity index (χ1) is 10.0. The maximum Gasteiger partial charge on any atom is 0.123 e. The summed E-state index contributed by atoms with van der Waals surface area (Å²) in [7, 11) is 1.64. The molecule has 2 aromatic carbocycles. The zero-order chi connectivity index (χ0) is 15.4. The SMILES string of the molecule is COc1ccc(C#N)cc1CNc1c(C)cc(C)cc1Br. The molecule has 0 unspecified atom stereocenters. The predicted molar refractivity (Wildman–Crippen MR) is 88.7 cm³/mol. The van der Waals surface area contributed by atoms with Gasteiger partial charge in [-0.1, -0.05) is 6.07 Å². The van der Waals surface area contributed by atoms with E-state index in [9.17, 15) is 0 Å². The molecule has 0 fully saturated rings. The summed E-state index contributed by atoms with van der Waals surface area (Å²) in [6.45, 7) is 4.74. The number of benzene rings is 2. The first-order valence-electron chi connectivity index (χ1n) is 6.62. The first kappa shape index (κ1) is 15.4. The van der Waals surface area contributed by atoms with Crippen LogP contribution in [0.3, 0.4) is 0 Å². The van der Waals surface area contributed by atoms with Crippen LogP contribution in [0.5, 0.6) is 5.75 Å². The predicted octanol–water partition coefficient (Wildman–Crippen LogP) is 4.56. The molecule has 0 amide bonds. The van der Waals surface area contributed by atoms with Crippen molar-refractivity contribution in [3.8, 4) is 11.8 Å². The average molecular weight is 345 g/mol. The van der Waals surface area contributed by atoms with Gasteiger partial charge in [0.15, 0.2) is 0 Å². The van der Waals surface area contributed by atoms with Gasteiger partial charge in [0.2, 0.25) is 0 Å². The van der Waals surface area contributed by atoms with Crippen molar-refractivity contribution in [3.05, 3.63) is 57.1 Å². The van der Waals surface area contributed by atoms with E-state index < -0.39 is 0 Å². The van der Waals surface area contributed by atoms with Gasteiger partial charge in [-0.05, 0) is 65.2 Å². The molecular formula is C17H17BrN2O. The fourth-order valence-corrected chi connectivity index (χ4v) is 3.12. The molecule has 0 saturated carbocycles. The van der Waals surface area contributed by atoms with Crippen molar-refractivity contribution < 1.29 is 4.74 Å². The molecule has 21 heavy (non-hydrogen) atoms. The maximum absolute atomic E-state index is 9.01. The number of rotatable bonds is 4. The van der Waals surface area contributed by atoms with Crippen molar-refractivity contribution in [1.29, 1.82) is 5.26 Å². The third kappa shape index (κ3) is 3.56. The van der Waals surface area contributed by atoms with E-state index in [1.807, 2.05) is 12.1 Å². The Morgan fingerprint density at radius 2 is 2.00 bits per heavy atom. The maximum atomic E-state index is 9.01. The van der Waals surface area contributed by atoms with E-state index in [-0.39, 0.29) is 0 Å². The molecular weight excluding hydrogens is 328 g/mol. The summed E-state index contributed by atoms with van der Waals surface area (Å²) in [5, 5.41) is 12.4. The zero-order valence-electron chi connectivity index (χ0n) is 12.3. The van der Waals surface area contributed by atoms with Crippen LogP contribution in [-0.2, 0) is 6.54 Å². The summed E-state index contributed by atoms with van der Waals surface area (Å²) >= 11 is 3.59. The summed E-state index contributed by atoms with van der Waals surface area (Å²) < 4.78 is 6.39. The van der Waals surface area contributed by atoms with Crippen LogP contribution in [0.15, 0.2) is 34.8 Å². The number of methoxy groups -OCH3 is 1. The van der Waals surface area contributed by atoms with E-state index in [0.29, 0.717) is 12.1 Å². The Hall–Kier alpha value is -1.99. The minimum atomic E-state index is 0.598. The van der Waals surface area contributed by atoms with E-state index in [0.717, 1.165) is 21.5 Å². The average Bonchev–Trinajstić information content (AvgIpc) is 2.45. The smallest absolute Gasteiger partial charge is 0.123 e. The summed E-state index contributed by atoms with van der Waals surface area (Å²) in [5.41, 5.74) is 5.05. The summed E-state index contributed by atoms with van der Waals surface area (Å²) in [6, 6.07) is 11.8. The van der Waals surface area contributed by atoms with Crippen molar-refractivity contribution in [3.63, 3.8) is 0 Å². The van der Waals surface area contributed by atoms with Gasteiger partial charge in [0, 0.05) is 16.6 Å². The van der Waals surface area contributed by atoms with Crippen LogP contribution < -0.4 is 10.1 Å². The molecule has 0 bridgehead atoms. The van der Waals surface area contributed by atoms with Crippen LogP contribution in [0, 0.1) is 25.2 Å². The van der Waals surface area contributed by atoms with Crippen molar-refractivity contribution in [2.24, 2.45) is 0 Å². The number of hydrogen-bond acceptors (Lipinski definition) is 3.